The lowest BCUT2D eigenvalue weighted by molar-refractivity contribution is 0.0338. The summed E-state index contributed by atoms with van der Waals surface area (Å²) in [4.78, 5) is 12.7. The van der Waals surface area contributed by atoms with Crippen LogP contribution < -0.4 is 5.32 Å². The van der Waals surface area contributed by atoms with Gasteiger partial charge in [0.15, 0.2) is 0 Å². The Morgan fingerprint density at radius 2 is 2.05 bits per heavy atom. The van der Waals surface area contributed by atoms with E-state index in [4.69, 9.17) is 19.8 Å². The molecule has 1 amide bonds. The van der Waals surface area contributed by atoms with Crippen molar-refractivity contribution in [2.45, 2.75) is 0 Å². The fourth-order valence-electron chi connectivity index (χ4n) is 1.23. The third-order valence-electron chi connectivity index (χ3n) is 2.08. The van der Waals surface area contributed by atoms with E-state index in [-0.39, 0.29) is 12.5 Å². The summed E-state index contributed by atoms with van der Waals surface area (Å²) in [7, 11) is 0. The quantitative estimate of drug-likeness (QED) is 0.639. The van der Waals surface area contributed by atoms with Crippen molar-refractivity contribution in [3.05, 3.63) is 21.9 Å². The van der Waals surface area contributed by atoms with Gasteiger partial charge in [0.05, 0.1) is 37.9 Å². The first kappa shape index (κ1) is 15.6. The van der Waals surface area contributed by atoms with Gasteiger partial charge in [0.25, 0.3) is 5.91 Å². The number of nitrogens with zero attached hydrogens (tertiary/aromatic N) is 1. The Labute approximate surface area is 115 Å². The highest BCUT2D eigenvalue weighted by Crippen LogP contribution is 2.14. The number of aliphatic hydroxyl groups is 1. The van der Waals surface area contributed by atoms with Gasteiger partial charge in [0.2, 0.25) is 0 Å². The average Bonchev–Trinajstić information content (AvgIpc) is 2.90. The summed E-state index contributed by atoms with van der Waals surface area (Å²) in [6, 6.07) is 5.23. The standard InChI is InChI=1S/C12H16N2O4S/c13-9-10-1-2-11(19-10)12(16)14-3-5-17-7-8-18-6-4-15/h1-2,15H,3-8H2,(H,14,16). The number of nitrogens with one attached hydrogen (secondary N) is 1. The smallest absolute Gasteiger partial charge is 0.261 e. The summed E-state index contributed by atoms with van der Waals surface area (Å²) < 4.78 is 10.2. The maximum Gasteiger partial charge on any atom is 0.261 e. The minimum absolute atomic E-state index is 0.00154. The van der Waals surface area contributed by atoms with E-state index in [2.05, 4.69) is 5.32 Å². The molecule has 104 valence electrons. The molecule has 0 aliphatic carbocycles. The van der Waals surface area contributed by atoms with Crippen molar-refractivity contribution in [1.82, 2.24) is 5.32 Å². The Morgan fingerprint density at radius 1 is 1.32 bits per heavy atom. The van der Waals surface area contributed by atoms with E-state index < -0.39 is 0 Å². The first-order valence-corrected chi connectivity index (χ1v) is 6.64. The molecule has 0 aromatic carbocycles. The molecule has 6 nitrogen and oxygen atoms in total. The van der Waals surface area contributed by atoms with Crippen LogP contribution in [0, 0.1) is 11.3 Å². The number of carbonyl (C=O) groups is 1. The van der Waals surface area contributed by atoms with Crippen molar-refractivity contribution in [3.63, 3.8) is 0 Å². The molecule has 0 unspecified atom stereocenters. The number of hydrogen-bond donors (Lipinski definition) is 2. The molecule has 0 saturated heterocycles. The van der Waals surface area contributed by atoms with Crippen molar-refractivity contribution in [2.75, 3.05) is 39.6 Å². The molecule has 0 spiro atoms. The van der Waals surface area contributed by atoms with Gasteiger partial charge in [-0.25, -0.2) is 0 Å². The zero-order valence-electron chi connectivity index (χ0n) is 10.4. The molecule has 19 heavy (non-hydrogen) atoms. The highest BCUT2D eigenvalue weighted by molar-refractivity contribution is 7.14. The first-order chi connectivity index (χ1) is 9.27. The predicted octanol–water partition coefficient (Wildman–Crippen LogP) is 0.375. The highest BCUT2D eigenvalue weighted by Gasteiger charge is 2.07. The van der Waals surface area contributed by atoms with Crippen LogP contribution >= 0.6 is 11.3 Å². The second-order valence-corrected chi connectivity index (χ2v) is 4.56. The number of hydrogen-bond acceptors (Lipinski definition) is 6. The lowest BCUT2D eigenvalue weighted by atomic mass is 10.4. The van der Waals surface area contributed by atoms with Crippen molar-refractivity contribution in [1.29, 1.82) is 5.26 Å². The van der Waals surface area contributed by atoms with Gasteiger partial charge in [0, 0.05) is 6.54 Å². The maximum atomic E-state index is 11.6. The van der Waals surface area contributed by atoms with E-state index >= 15 is 0 Å². The largest absolute Gasteiger partial charge is 0.394 e. The average molecular weight is 284 g/mol. The summed E-state index contributed by atoms with van der Waals surface area (Å²) in [5, 5.41) is 19.8. The van der Waals surface area contributed by atoms with E-state index in [1.54, 1.807) is 12.1 Å². The Bertz CT molecular complexity index is 428. The van der Waals surface area contributed by atoms with Crippen LogP contribution in [0.15, 0.2) is 12.1 Å². The summed E-state index contributed by atoms with van der Waals surface area (Å²) in [5.41, 5.74) is 0. The molecule has 0 saturated carbocycles. The number of aliphatic hydroxyl groups excluding tert-OH is 1. The Morgan fingerprint density at radius 3 is 2.68 bits per heavy atom. The number of carbonyl (C=O) groups excluding carboxylic acids is 1. The van der Waals surface area contributed by atoms with Crippen LogP contribution in [0.3, 0.4) is 0 Å². The Hall–Kier alpha value is -1.46. The zero-order chi connectivity index (χ0) is 13.9. The van der Waals surface area contributed by atoms with E-state index in [1.807, 2.05) is 6.07 Å². The SMILES string of the molecule is N#Cc1ccc(C(=O)NCCOCCOCCO)s1. The molecule has 1 aromatic rings. The summed E-state index contributed by atoms with van der Waals surface area (Å²) >= 11 is 1.16. The van der Waals surface area contributed by atoms with E-state index in [0.717, 1.165) is 11.3 Å². The highest BCUT2D eigenvalue weighted by atomic mass is 32.1. The molecule has 7 heteroatoms. The number of thiophene rings is 1. The third kappa shape index (κ3) is 6.31. The number of ether oxygens (including phenoxy) is 2. The zero-order valence-corrected chi connectivity index (χ0v) is 11.2. The molecular formula is C12H16N2O4S. The van der Waals surface area contributed by atoms with E-state index in [9.17, 15) is 4.79 Å². The van der Waals surface area contributed by atoms with Gasteiger partial charge in [0.1, 0.15) is 10.9 Å². The van der Waals surface area contributed by atoms with E-state index in [1.165, 1.54) is 0 Å². The Balaban J connectivity index is 2.06. The molecule has 0 radical (unpaired) electrons. The van der Waals surface area contributed by atoms with Crippen molar-refractivity contribution in [2.24, 2.45) is 0 Å². The van der Waals surface area contributed by atoms with Crippen LogP contribution in [0.4, 0.5) is 0 Å². The fraction of sp³-hybridized carbons (Fsp3) is 0.500. The molecule has 0 bridgehead atoms. The molecule has 0 fully saturated rings. The second-order valence-electron chi connectivity index (χ2n) is 3.48. The minimum Gasteiger partial charge on any atom is -0.394 e. The van der Waals surface area contributed by atoms with Gasteiger partial charge in [-0.1, -0.05) is 0 Å². The van der Waals surface area contributed by atoms with E-state index in [0.29, 0.717) is 42.7 Å². The Kier molecular flexibility index (Phi) is 7.77. The van der Waals surface area contributed by atoms with Crippen LogP contribution in [-0.4, -0.2) is 50.6 Å². The molecule has 0 aliphatic heterocycles. The van der Waals surface area contributed by atoms with Crippen LogP contribution in [-0.2, 0) is 9.47 Å². The third-order valence-corrected chi connectivity index (χ3v) is 3.07. The normalized spacial score (nSPS) is 10.1. The summed E-state index contributed by atoms with van der Waals surface area (Å²) in [6.45, 7) is 1.95. The summed E-state index contributed by atoms with van der Waals surface area (Å²) in [5.74, 6) is -0.202. The number of nitriles is 1. The van der Waals surface area contributed by atoms with Gasteiger partial charge in [-0.3, -0.25) is 4.79 Å². The topological polar surface area (TPSA) is 91.6 Å². The first-order valence-electron chi connectivity index (χ1n) is 5.82. The van der Waals surface area contributed by atoms with Crippen LogP contribution in [0.1, 0.15) is 14.5 Å². The fourth-order valence-corrected chi connectivity index (χ4v) is 1.95. The molecule has 1 rings (SSSR count). The van der Waals surface area contributed by atoms with Crippen molar-refractivity contribution >= 4 is 17.2 Å². The van der Waals surface area contributed by atoms with Crippen LogP contribution in [0.25, 0.3) is 0 Å². The predicted molar refractivity (Wildman–Crippen MR) is 70.1 cm³/mol. The van der Waals surface area contributed by atoms with Crippen LogP contribution in [0.5, 0.6) is 0 Å². The molecule has 0 aliphatic rings. The molecule has 2 N–H and O–H groups in total. The van der Waals surface area contributed by atoms with Crippen molar-refractivity contribution in [3.8, 4) is 6.07 Å². The van der Waals surface area contributed by atoms with Gasteiger partial charge in [-0.15, -0.1) is 11.3 Å². The van der Waals surface area contributed by atoms with Gasteiger partial charge < -0.3 is 19.9 Å². The monoisotopic (exact) mass is 284 g/mol. The minimum atomic E-state index is -0.202. The van der Waals surface area contributed by atoms with Crippen LogP contribution in [0.2, 0.25) is 0 Å². The van der Waals surface area contributed by atoms with Gasteiger partial charge in [-0.05, 0) is 12.1 Å². The lowest BCUT2D eigenvalue weighted by Gasteiger charge is -2.05. The van der Waals surface area contributed by atoms with Crippen molar-refractivity contribution < 1.29 is 19.4 Å². The second kappa shape index (κ2) is 9.47. The van der Waals surface area contributed by atoms with Gasteiger partial charge >= 0.3 is 0 Å². The summed E-state index contributed by atoms with van der Waals surface area (Å²) in [6.07, 6.45) is 0. The molecule has 1 aromatic heterocycles. The van der Waals surface area contributed by atoms with Gasteiger partial charge in [-0.2, -0.15) is 5.26 Å². The number of amides is 1. The lowest BCUT2D eigenvalue weighted by Crippen LogP contribution is -2.27. The molecule has 0 atom stereocenters. The number of rotatable bonds is 9. The maximum absolute atomic E-state index is 11.6. The molecule has 1 heterocycles. The molecular weight excluding hydrogens is 268 g/mol.